The third-order valence-corrected chi connectivity index (χ3v) is 6.43. The molecule has 1 fully saturated rings. The number of piperidine rings is 1. The van der Waals surface area contributed by atoms with E-state index in [0.717, 1.165) is 16.9 Å². The number of aldehydes is 1. The number of ether oxygens (including phenoxy) is 2. The maximum Gasteiger partial charge on any atom is 0.407 e. The molecule has 0 aliphatic carbocycles. The standard InChI is InChI=1S/C22H24BrN5O5/c1-32-16-6-4-13(17(9-16)33-2)10-25-20-18-19(23)26-21(27(18)8-7-24-20)14-3-5-15(12-29)28(11-14)22(30)31/h4,6-9,12,14-15H,3,5,10-11H2,1-2H3,(H,24,25)(H,30,31). The number of rotatable bonds is 7. The van der Waals surface area contributed by atoms with Gasteiger partial charge in [0.05, 0.1) is 20.3 Å². The van der Waals surface area contributed by atoms with Gasteiger partial charge in [0.15, 0.2) is 5.82 Å². The molecular weight excluding hydrogens is 494 g/mol. The Hall–Kier alpha value is -3.34. The second kappa shape index (κ2) is 9.65. The van der Waals surface area contributed by atoms with E-state index in [2.05, 4.69) is 31.2 Å². The Morgan fingerprint density at radius 3 is 2.85 bits per heavy atom. The highest BCUT2D eigenvalue weighted by Crippen LogP contribution is 2.34. The summed E-state index contributed by atoms with van der Waals surface area (Å²) in [6.07, 6.45) is 4.19. The van der Waals surface area contributed by atoms with Crippen LogP contribution >= 0.6 is 15.9 Å². The largest absolute Gasteiger partial charge is 0.497 e. The van der Waals surface area contributed by atoms with E-state index in [1.54, 1.807) is 26.6 Å². The zero-order valence-corrected chi connectivity index (χ0v) is 19.8. The number of amides is 1. The van der Waals surface area contributed by atoms with E-state index in [9.17, 15) is 14.7 Å². The van der Waals surface area contributed by atoms with Crippen LogP contribution in [0.4, 0.5) is 10.6 Å². The van der Waals surface area contributed by atoms with Gasteiger partial charge in [0.2, 0.25) is 0 Å². The average molecular weight is 518 g/mol. The molecule has 33 heavy (non-hydrogen) atoms. The molecule has 4 rings (SSSR count). The lowest BCUT2D eigenvalue weighted by atomic mass is 9.93. The quantitative estimate of drug-likeness (QED) is 0.456. The number of halogens is 1. The highest BCUT2D eigenvalue weighted by molar-refractivity contribution is 9.10. The molecule has 11 heteroatoms. The molecule has 1 aliphatic heterocycles. The molecule has 2 aromatic heterocycles. The van der Waals surface area contributed by atoms with Crippen LogP contribution in [0.1, 0.15) is 30.1 Å². The highest BCUT2D eigenvalue weighted by atomic mass is 79.9. The Morgan fingerprint density at radius 2 is 2.15 bits per heavy atom. The van der Waals surface area contributed by atoms with Gasteiger partial charge in [-0.2, -0.15) is 0 Å². The Morgan fingerprint density at radius 1 is 1.33 bits per heavy atom. The maximum absolute atomic E-state index is 11.6. The van der Waals surface area contributed by atoms with Crippen molar-refractivity contribution in [2.45, 2.75) is 31.3 Å². The summed E-state index contributed by atoms with van der Waals surface area (Å²) >= 11 is 3.54. The fraction of sp³-hybridized carbons (Fsp3) is 0.364. The number of carbonyl (C=O) groups excluding carboxylic acids is 1. The van der Waals surface area contributed by atoms with Gasteiger partial charge in [0.1, 0.15) is 33.7 Å². The molecule has 2 N–H and O–H groups in total. The SMILES string of the molecule is COc1ccc(CNc2nccn3c(C4CCC(C=O)N(C(=O)O)C4)nc(Br)c23)c(OC)c1. The van der Waals surface area contributed by atoms with E-state index in [-0.39, 0.29) is 12.5 Å². The Labute approximate surface area is 198 Å². The van der Waals surface area contributed by atoms with Crippen LogP contribution in [0.2, 0.25) is 0 Å². The van der Waals surface area contributed by atoms with Gasteiger partial charge < -0.3 is 24.7 Å². The monoisotopic (exact) mass is 517 g/mol. The summed E-state index contributed by atoms with van der Waals surface area (Å²) < 4.78 is 13.2. The minimum Gasteiger partial charge on any atom is -0.497 e. The molecule has 0 spiro atoms. The number of likely N-dealkylation sites (tertiary alicyclic amines) is 1. The maximum atomic E-state index is 11.6. The molecule has 1 amide bonds. The third-order valence-electron chi connectivity index (χ3n) is 5.88. The van der Waals surface area contributed by atoms with Crippen LogP contribution in [0.25, 0.3) is 5.52 Å². The van der Waals surface area contributed by atoms with Gasteiger partial charge in [-0.05, 0) is 40.9 Å². The van der Waals surface area contributed by atoms with Gasteiger partial charge in [0, 0.05) is 43.0 Å². The normalized spacial score (nSPS) is 18.2. The van der Waals surface area contributed by atoms with Gasteiger partial charge in [-0.15, -0.1) is 0 Å². The molecule has 0 bridgehead atoms. The fourth-order valence-corrected chi connectivity index (χ4v) is 4.74. The number of anilines is 1. The number of imidazole rings is 1. The van der Waals surface area contributed by atoms with Crippen molar-refractivity contribution < 1.29 is 24.2 Å². The van der Waals surface area contributed by atoms with Crippen LogP contribution in [-0.4, -0.2) is 63.6 Å². The van der Waals surface area contributed by atoms with Crippen molar-refractivity contribution in [1.29, 1.82) is 0 Å². The summed E-state index contributed by atoms with van der Waals surface area (Å²) in [5.74, 6) is 2.60. The molecule has 2 unspecified atom stereocenters. The molecule has 1 aliphatic rings. The molecule has 10 nitrogen and oxygen atoms in total. The number of hydrogen-bond donors (Lipinski definition) is 2. The average Bonchev–Trinajstić information content (AvgIpc) is 3.19. The van der Waals surface area contributed by atoms with Crippen LogP contribution in [0, 0.1) is 0 Å². The molecule has 1 aromatic carbocycles. The summed E-state index contributed by atoms with van der Waals surface area (Å²) in [7, 11) is 3.21. The van der Waals surface area contributed by atoms with Gasteiger partial charge in [0.25, 0.3) is 0 Å². The fourth-order valence-electron chi connectivity index (χ4n) is 4.18. The summed E-state index contributed by atoms with van der Waals surface area (Å²) in [6, 6.07) is 4.99. The van der Waals surface area contributed by atoms with Crippen molar-refractivity contribution in [3.8, 4) is 11.5 Å². The molecular formula is C22H24BrN5O5. The van der Waals surface area contributed by atoms with E-state index in [1.165, 1.54) is 4.90 Å². The van der Waals surface area contributed by atoms with E-state index in [4.69, 9.17) is 9.47 Å². The van der Waals surface area contributed by atoms with Crippen molar-refractivity contribution in [2.75, 3.05) is 26.1 Å². The van der Waals surface area contributed by atoms with Crippen LogP contribution < -0.4 is 14.8 Å². The number of nitrogens with one attached hydrogen (secondary N) is 1. The summed E-state index contributed by atoms with van der Waals surface area (Å²) in [5, 5.41) is 12.9. The number of nitrogens with zero attached hydrogens (tertiary/aromatic N) is 4. The predicted molar refractivity (Wildman–Crippen MR) is 124 cm³/mol. The zero-order valence-electron chi connectivity index (χ0n) is 18.2. The van der Waals surface area contributed by atoms with Crippen LogP contribution in [0.15, 0.2) is 35.2 Å². The smallest absolute Gasteiger partial charge is 0.407 e. The van der Waals surface area contributed by atoms with Gasteiger partial charge in [-0.3, -0.25) is 9.30 Å². The number of aromatic nitrogens is 3. The third kappa shape index (κ3) is 4.45. The van der Waals surface area contributed by atoms with E-state index in [1.807, 2.05) is 22.6 Å². The molecule has 2 atom stereocenters. The summed E-state index contributed by atoms with van der Waals surface area (Å²) in [5.41, 5.74) is 1.68. The Balaban J connectivity index is 1.61. The number of benzene rings is 1. The highest BCUT2D eigenvalue weighted by Gasteiger charge is 2.34. The molecule has 3 aromatic rings. The van der Waals surface area contributed by atoms with Gasteiger partial charge >= 0.3 is 6.09 Å². The van der Waals surface area contributed by atoms with E-state index in [0.29, 0.717) is 47.6 Å². The molecule has 1 saturated heterocycles. The van der Waals surface area contributed by atoms with Gasteiger partial charge in [-0.1, -0.05) is 0 Å². The van der Waals surface area contributed by atoms with Crippen molar-refractivity contribution in [2.24, 2.45) is 0 Å². The van der Waals surface area contributed by atoms with Crippen molar-refractivity contribution in [1.82, 2.24) is 19.3 Å². The second-order valence-electron chi connectivity index (χ2n) is 7.70. The topological polar surface area (TPSA) is 118 Å². The lowest BCUT2D eigenvalue weighted by molar-refractivity contribution is -0.113. The minimum absolute atomic E-state index is 0.145. The number of carboxylic acid groups (broad SMARTS) is 1. The van der Waals surface area contributed by atoms with E-state index < -0.39 is 12.1 Å². The molecule has 3 heterocycles. The van der Waals surface area contributed by atoms with Crippen LogP contribution in [0.5, 0.6) is 11.5 Å². The Kier molecular flexibility index (Phi) is 6.68. The zero-order chi connectivity index (χ0) is 23.5. The van der Waals surface area contributed by atoms with Crippen LogP contribution in [0.3, 0.4) is 0 Å². The summed E-state index contributed by atoms with van der Waals surface area (Å²) in [6.45, 7) is 0.669. The Bertz CT molecular complexity index is 1180. The molecule has 0 radical (unpaired) electrons. The molecule has 0 saturated carbocycles. The number of hydrogen-bond acceptors (Lipinski definition) is 7. The second-order valence-corrected chi connectivity index (χ2v) is 8.45. The first kappa shape index (κ1) is 22.8. The number of fused-ring (bicyclic) bond motifs is 1. The van der Waals surface area contributed by atoms with Crippen molar-refractivity contribution in [3.63, 3.8) is 0 Å². The summed E-state index contributed by atoms with van der Waals surface area (Å²) in [4.78, 5) is 33.3. The predicted octanol–water partition coefficient (Wildman–Crippen LogP) is 3.55. The van der Waals surface area contributed by atoms with Crippen LogP contribution in [-0.2, 0) is 11.3 Å². The van der Waals surface area contributed by atoms with Crippen molar-refractivity contribution in [3.05, 3.63) is 46.6 Å². The lowest BCUT2D eigenvalue weighted by Crippen LogP contribution is -2.46. The lowest BCUT2D eigenvalue weighted by Gasteiger charge is -2.34. The number of methoxy groups -OCH3 is 2. The molecule has 174 valence electrons. The first-order chi connectivity index (χ1) is 16.0. The van der Waals surface area contributed by atoms with Gasteiger partial charge in [-0.25, -0.2) is 14.8 Å². The first-order valence-electron chi connectivity index (χ1n) is 10.4. The first-order valence-corrected chi connectivity index (χ1v) is 11.2. The number of carbonyl (C=O) groups is 2. The minimum atomic E-state index is -1.10. The van der Waals surface area contributed by atoms with Crippen molar-refractivity contribution >= 4 is 39.6 Å². The van der Waals surface area contributed by atoms with E-state index >= 15 is 0 Å².